The van der Waals surface area contributed by atoms with Crippen molar-refractivity contribution in [2.75, 3.05) is 157 Å². The summed E-state index contributed by atoms with van der Waals surface area (Å²) < 4.78 is 0. The van der Waals surface area contributed by atoms with Crippen LogP contribution in [0.1, 0.15) is 10.4 Å². The highest BCUT2D eigenvalue weighted by Gasteiger charge is 2.15. The minimum absolute atomic E-state index is 0.0460. The molecule has 1 amide bonds. The van der Waals surface area contributed by atoms with Crippen LogP contribution in [0.15, 0.2) is 18.2 Å². The van der Waals surface area contributed by atoms with Crippen molar-refractivity contribution in [2.24, 2.45) is 28.7 Å². The van der Waals surface area contributed by atoms with E-state index < -0.39 is 11.7 Å². The summed E-state index contributed by atoms with van der Waals surface area (Å²) in [5.74, 6) is -1.17. The minimum Gasteiger partial charge on any atom is -0.504 e. The van der Waals surface area contributed by atoms with Gasteiger partial charge in [0.05, 0.1) is 5.56 Å². The molecule has 1 aromatic rings. The highest BCUT2D eigenvalue weighted by atomic mass is 16.3. The molecule has 0 saturated carbocycles. The second kappa shape index (κ2) is 28.8. The Balaban J connectivity index is 2.69. The van der Waals surface area contributed by atoms with Gasteiger partial charge in [0.15, 0.2) is 11.5 Å². The summed E-state index contributed by atoms with van der Waals surface area (Å²) >= 11 is 0. The van der Waals surface area contributed by atoms with Crippen molar-refractivity contribution in [3.05, 3.63) is 23.8 Å². The molecule has 16 nitrogen and oxygen atoms in total. The molecule has 47 heavy (non-hydrogen) atoms. The van der Waals surface area contributed by atoms with Crippen molar-refractivity contribution >= 4 is 5.91 Å². The monoisotopic (exact) mass is 670 g/mol. The van der Waals surface area contributed by atoms with Gasteiger partial charge in [-0.2, -0.15) is 0 Å². The Morgan fingerprint density at radius 1 is 0.511 bits per heavy atom. The first-order chi connectivity index (χ1) is 22.9. The molecule has 0 bridgehead atoms. The molecule has 274 valence electrons. The van der Waals surface area contributed by atoms with Gasteiger partial charge in [-0.05, 0) is 12.1 Å². The topological polar surface area (TPSA) is 249 Å². The Kier molecular flexibility index (Phi) is 26.2. The van der Waals surface area contributed by atoms with Crippen LogP contribution >= 0.6 is 0 Å². The average molecular weight is 670 g/mol. The molecule has 0 saturated heterocycles. The van der Waals surface area contributed by atoms with Crippen molar-refractivity contribution in [1.82, 2.24) is 40.9 Å². The third-order valence-corrected chi connectivity index (χ3v) is 7.84. The molecule has 0 fully saturated rings. The smallest absolute Gasteiger partial charge is 0.255 e. The number of hydrogen-bond donors (Lipinski definition) is 11. The number of phenols is 2. The average Bonchev–Trinajstić information content (AvgIpc) is 3.06. The number of phenolic OH excluding ortho intramolecular Hbond substituents is 2. The summed E-state index contributed by atoms with van der Waals surface area (Å²) in [6.45, 7) is 18.7. The number of nitrogens with one attached hydrogen (secondary N) is 4. The highest BCUT2D eigenvalue weighted by molar-refractivity contribution is 5.97. The summed E-state index contributed by atoms with van der Waals surface area (Å²) in [6, 6.07) is 4.34. The molecule has 0 unspecified atom stereocenters. The number of hydrogen-bond acceptors (Lipinski definition) is 15. The van der Waals surface area contributed by atoms with Crippen LogP contribution in [-0.4, -0.2) is 193 Å². The molecule has 0 aromatic heterocycles. The Hall–Kier alpha value is -2.19. The maximum Gasteiger partial charge on any atom is 0.255 e. The maximum absolute atomic E-state index is 12.6. The molecule has 0 aliphatic carbocycles. The molecule has 0 aliphatic heterocycles. The number of amides is 1. The van der Waals surface area contributed by atoms with Gasteiger partial charge in [-0.3, -0.25) is 24.4 Å². The predicted octanol–water partition coefficient (Wildman–Crippen LogP) is -4.40. The number of carbonyl (C=O) groups is 1. The third kappa shape index (κ3) is 20.7. The van der Waals surface area contributed by atoms with Crippen LogP contribution in [0.25, 0.3) is 0 Å². The lowest BCUT2D eigenvalue weighted by molar-refractivity contribution is 0.0943. The Morgan fingerprint density at radius 2 is 0.894 bits per heavy atom. The van der Waals surface area contributed by atoms with Gasteiger partial charge in [-0.1, -0.05) is 6.07 Å². The number of benzene rings is 1. The molecule has 0 radical (unpaired) electrons. The predicted molar refractivity (Wildman–Crippen MR) is 192 cm³/mol. The zero-order chi connectivity index (χ0) is 34.5. The van der Waals surface area contributed by atoms with E-state index in [2.05, 4.69) is 40.9 Å². The largest absolute Gasteiger partial charge is 0.504 e. The van der Waals surface area contributed by atoms with Gasteiger partial charge in [0, 0.05) is 157 Å². The van der Waals surface area contributed by atoms with Crippen LogP contribution in [0.2, 0.25) is 0 Å². The number of aromatic hydroxyl groups is 2. The van der Waals surface area contributed by atoms with Crippen LogP contribution in [0.4, 0.5) is 0 Å². The molecule has 0 spiro atoms. The zero-order valence-electron chi connectivity index (χ0n) is 28.7. The van der Waals surface area contributed by atoms with Gasteiger partial charge in [0.1, 0.15) is 0 Å². The van der Waals surface area contributed by atoms with Crippen LogP contribution in [0, 0.1) is 0 Å². The van der Waals surface area contributed by atoms with Gasteiger partial charge in [0.2, 0.25) is 0 Å². The Labute approximate surface area is 282 Å². The Morgan fingerprint density at radius 3 is 1.34 bits per heavy atom. The fourth-order valence-corrected chi connectivity index (χ4v) is 5.12. The van der Waals surface area contributed by atoms with Crippen molar-refractivity contribution in [1.29, 1.82) is 0 Å². The van der Waals surface area contributed by atoms with Crippen molar-refractivity contribution in [2.45, 2.75) is 0 Å². The highest BCUT2D eigenvalue weighted by Crippen LogP contribution is 2.27. The van der Waals surface area contributed by atoms with Gasteiger partial charge in [-0.25, -0.2) is 0 Å². The van der Waals surface area contributed by atoms with E-state index in [0.717, 1.165) is 105 Å². The van der Waals surface area contributed by atoms with E-state index in [9.17, 15) is 15.0 Å². The number of nitrogens with zero attached hydrogens (tertiary/aromatic N) is 4. The lowest BCUT2D eigenvalue weighted by Crippen LogP contribution is -2.46. The summed E-state index contributed by atoms with van der Waals surface area (Å²) in [4.78, 5) is 22.0. The van der Waals surface area contributed by atoms with Gasteiger partial charge in [0.25, 0.3) is 5.91 Å². The minimum atomic E-state index is -0.433. The van der Waals surface area contributed by atoms with E-state index in [4.69, 9.17) is 28.7 Å². The van der Waals surface area contributed by atoms with E-state index in [0.29, 0.717) is 52.4 Å². The second-order valence-corrected chi connectivity index (χ2v) is 11.5. The molecule has 16 N–H and O–H groups in total. The fraction of sp³-hybridized carbons (Fsp3) is 0.774. The summed E-state index contributed by atoms with van der Waals surface area (Å²) in [7, 11) is 0. The SMILES string of the molecule is NCCNCCN(CCNCCN(CCN)CCN)CCN(CCNCCN)CCN(CCN)CCNC(=O)c1cccc(O)c1O. The maximum atomic E-state index is 12.6. The van der Waals surface area contributed by atoms with Crippen LogP contribution in [0.5, 0.6) is 11.5 Å². The van der Waals surface area contributed by atoms with E-state index in [-0.39, 0.29) is 11.3 Å². The summed E-state index contributed by atoms with van der Waals surface area (Å²) in [5.41, 5.74) is 28.8. The fourth-order valence-electron chi connectivity index (χ4n) is 5.12. The summed E-state index contributed by atoms with van der Waals surface area (Å²) in [5, 5.41) is 33.0. The zero-order valence-corrected chi connectivity index (χ0v) is 28.7. The number of para-hydroxylation sites is 1. The van der Waals surface area contributed by atoms with Crippen molar-refractivity contribution in [3.63, 3.8) is 0 Å². The first kappa shape index (κ1) is 42.8. The van der Waals surface area contributed by atoms with E-state index in [1.54, 1.807) is 0 Å². The Bertz CT molecular complexity index is 896. The third-order valence-electron chi connectivity index (χ3n) is 7.84. The molecule has 1 aromatic carbocycles. The van der Waals surface area contributed by atoms with Gasteiger partial charge >= 0.3 is 0 Å². The molecule has 16 heteroatoms. The lowest BCUT2D eigenvalue weighted by Gasteiger charge is -2.30. The van der Waals surface area contributed by atoms with E-state index in [1.807, 2.05) is 0 Å². The van der Waals surface area contributed by atoms with Crippen molar-refractivity contribution in [3.8, 4) is 11.5 Å². The molecular formula is C31H67N13O3. The molecule has 0 heterocycles. The number of carbonyl (C=O) groups excluding carboxylic acids is 1. The quantitative estimate of drug-likeness (QED) is 0.0256. The first-order valence-corrected chi connectivity index (χ1v) is 17.2. The molecule has 1 rings (SSSR count). The molecule has 0 aliphatic rings. The van der Waals surface area contributed by atoms with Crippen molar-refractivity contribution < 1.29 is 15.0 Å². The van der Waals surface area contributed by atoms with E-state index in [1.165, 1.54) is 18.2 Å². The normalized spacial score (nSPS) is 11.9. The second-order valence-electron chi connectivity index (χ2n) is 11.5. The van der Waals surface area contributed by atoms with E-state index >= 15 is 0 Å². The lowest BCUT2D eigenvalue weighted by atomic mass is 10.1. The number of rotatable bonds is 32. The number of nitrogens with two attached hydrogens (primary N) is 5. The van der Waals surface area contributed by atoms with Crippen LogP contribution in [-0.2, 0) is 0 Å². The molecule has 0 atom stereocenters. The standard InChI is InChI=1S/C31H67N13O3/c32-4-9-37-11-20-43(21-14-39-13-19-41(16-6-34)17-7-35)25-27-44(22-12-38-10-5-33)26-24-42(18-8-36)23-15-40-31(47)28-2-1-3-29(45)30(28)46/h1-3,37-39,45-46H,4-27,32-36H2,(H,40,47). The summed E-state index contributed by atoms with van der Waals surface area (Å²) in [6.07, 6.45) is 0. The van der Waals surface area contributed by atoms with Gasteiger partial charge in [-0.15, -0.1) is 0 Å². The molecular weight excluding hydrogens is 602 g/mol. The first-order valence-electron chi connectivity index (χ1n) is 17.2. The van der Waals surface area contributed by atoms with Crippen LogP contribution < -0.4 is 49.9 Å². The van der Waals surface area contributed by atoms with Crippen LogP contribution in [0.3, 0.4) is 0 Å². The van der Waals surface area contributed by atoms with Gasteiger partial charge < -0.3 is 60.1 Å².